The van der Waals surface area contributed by atoms with Crippen molar-refractivity contribution in [3.63, 3.8) is 0 Å². The lowest BCUT2D eigenvalue weighted by atomic mass is 10.1. The smallest absolute Gasteiger partial charge is 0.256 e. The molecule has 160 valence electrons. The molecule has 1 aliphatic heterocycles. The highest BCUT2D eigenvalue weighted by atomic mass is 35.5. The van der Waals surface area contributed by atoms with Crippen molar-refractivity contribution in [1.82, 2.24) is 14.8 Å². The number of nitrogens with two attached hydrogens (primary N) is 1. The van der Waals surface area contributed by atoms with Crippen molar-refractivity contribution >= 4 is 53.7 Å². The van der Waals surface area contributed by atoms with Crippen molar-refractivity contribution in [3.05, 3.63) is 58.4 Å². The maximum absolute atomic E-state index is 12.7. The molecule has 4 rings (SSSR count). The largest absolute Gasteiger partial charge is 0.399 e. The number of hydrogen-bond acceptors (Lipinski definition) is 4. The highest BCUT2D eigenvalue weighted by Crippen LogP contribution is 2.31. The normalized spacial score (nSPS) is 12.7. The highest BCUT2D eigenvalue weighted by Gasteiger charge is 2.19. The van der Waals surface area contributed by atoms with E-state index in [1.807, 2.05) is 19.1 Å². The van der Waals surface area contributed by atoms with Crippen LogP contribution in [0.25, 0.3) is 11.4 Å². The van der Waals surface area contributed by atoms with Gasteiger partial charge in [0.15, 0.2) is 5.82 Å². The summed E-state index contributed by atoms with van der Waals surface area (Å²) in [5.74, 6) is 1.53. The summed E-state index contributed by atoms with van der Waals surface area (Å²) in [4.78, 5) is 12.7. The Kier molecular flexibility index (Phi) is 8.12. The lowest BCUT2D eigenvalue weighted by Gasteiger charge is -2.12. The van der Waals surface area contributed by atoms with E-state index >= 15 is 0 Å². The first-order valence-electron chi connectivity index (χ1n) is 9.42. The number of nitrogens with zero attached hydrogens (tertiary/aromatic N) is 3. The van der Waals surface area contributed by atoms with E-state index in [1.165, 1.54) is 6.42 Å². The third-order valence-electron chi connectivity index (χ3n) is 5.08. The van der Waals surface area contributed by atoms with Gasteiger partial charge >= 0.3 is 0 Å². The SMILES string of the molecule is Cc1ccc(N)cc1C(=O)Nc1ccc(Cl)c(-c2nnc3n2CCCCC3)c1.Cl.Cl. The lowest BCUT2D eigenvalue weighted by molar-refractivity contribution is 0.102. The van der Waals surface area contributed by atoms with Gasteiger partial charge in [-0.15, -0.1) is 35.0 Å². The first-order chi connectivity index (χ1) is 13.5. The van der Waals surface area contributed by atoms with Crippen LogP contribution >= 0.6 is 36.4 Å². The van der Waals surface area contributed by atoms with Crippen LogP contribution in [-0.2, 0) is 13.0 Å². The second kappa shape index (κ2) is 10.2. The summed E-state index contributed by atoms with van der Waals surface area (Å²) in [5, 5.41) is 12.2. The molecule has 0 fully saturated rings. The van der Waals surface area contributed by atoms with Gasteiger partial charge in [0.1, 0.15) is 5.82 Å². The molecule has 0 saturated carbocycles. The minimum Gasteiger partial charge on any atom is -0.399 e. The van der Waals surface area contributed by atoms with Gasteiger partial charge in [-0.2, -0.15) is 0 Å². The molecule has 0 spiro atoms. The van der Waals surface area contributed by atoms with E-state index in [-0.39, 0.29) is 30.7 Å². The number of amides is 1. The monoisotopic (exact) mass is 467 g/mol. The molecule has 6 nitrogen and oxygen atoms in total. The third kappa shape index (κ3) is 4.89. The predicted octanol–water partition coefficient (Wildman–Crippen LogP) is 5.31. The molecule has 1 aliphatic rings. The second-order valence-corrected chi connectivity index (χ2v) is 7.53. The number of nitrogen functional groups attached to an aromatic ring is 1. The number of fused-ring (bicyclic) bond motifs is 1. The van der Waals surface area contributed by atoms with E-state index in [0.29, 0.717) is 22.0 Å². The van der Waals surface area contributed by atoms with Crippen molar-refractivity contribution in [3.8, 4) is 11.4 Å². The summed E-state index contributed by atoms with van der Waals surface area (Å²) >= 11 is 6.46. The number of hydrogen-bond donors (Lipinski definition) is 2. The van der Waals surface area contributed by atoms with Gasteiger partial charge in [0.05, 0.1) is 5.02 Å². The predicted molar refractivity (Wildman–Crippen MR) is 126 cm³/mol. The van der Waals surface area contributed by atoms with Crippen molar-refractivity contribution in [2.45, 2.75) is 39.2 Å². The molecule has 0 aliphatic carbocycles. The number of anilines is 2. The fourth-order valence-electron chi connectivity index (χ4n) is 3.54. The molecule has 1 amide bonds. The van der Waals surface area contributed by atoms with E-state index in [9.17, 15) is 4.79 Å². The number of aryl methyl sites for hydroxylation is 2. The molecular weight excluding hydrogens is 445 g/mol. The number of carbonyl (C=O) groups is 1. The molecule has 9 heteroatoms. The summed E-state index contributed by atoms with van der Waals surface area (Å²) in [6.07, 6.45) is 4.34. The molecule has 0 radical (unpaired) electrons. The van der Waals surface area contributed by atoms with Gasteiger partial charge in [0, 0.05) is 35.5 Å². The van der Waals surface area contributed by atoms with Gasteiger partial charge in [-0.05, 0) is 55.7 Å². The summed E-state index contributed by atoms with van der Waals surface area (Å²) in [5.41, 5.74) is 9.21. The second-order valence-electron chi connectivity index (χ2n) is 7.13. The van der Waals surface area contributed by atoms with E-state index in [2.05, 4.69) is 20.1 Å². The van der Waals surface area contributed by atoms with Crippen LogP contribution in [0.4, 0.5) is 11.4 Å². The summed E-state index contributed by atoms with van der Waals surface area (Å²) in [7, 11) is 0. The molecule has 0 atom stereocenters. The molecule has 30 heavy (non-hydrogen) atoms. The Hall–Kier alpha value is -2.28. The summed E-state index contributed by atoms with van der Waals surface area (Å²) in [6, 6.07) is 10.7. The average molecular weight is 469 g/mol. The van der Waals surface area contributed by atoms with Crippen LogP contribution in [0.15, 0.2) is 36.4 Å². The minimum atomic E-state index is -0.210. The van der Waals surface area contributed by atoms with E-state index in [0.717, 1.165) is 48.6 Å². The average Bonchev–Trinajstić information content (AvgIpc) is 2.93. The molecular formula is C21H24Cl3N5O. The zero-order valence-corrected chi connectivity index (χ0v) is 18.9. The fraction of sp³-hybridized carbons (Fsp3) is 0.286. The van der Waals surface area contributed by atoms with E-state index in [4.69, 9.17) is 17.3 Å². The van der Waals surface area contributed by atoms with Gasteiger partial charge in [-0.1, -0.05) is 24.1 Å². The first-order valence-corrected chi connectivity index (χ1v) is 9.80. The molecule has 0 unspecified atom stereocenters. The molecule has 2 heterocycles. The zero-order valence-electron chi connectivity index (χ0n) is 16.5. The van der Waals surface area contributed by atoms with Gasteiger partial charge in [0.2, 0.25) is 0 Å². The van der Waals surface area contributed by atoms with Crippen LogP contribution in [-0.4, -0.2) is 20.7 Å². The summed E-state index contributed by atoms with van der Waals surface area (Å²) < 4.78 is 2.14. The van der Waals surface area contributed by atoms with E-state index < -0.39 is 0 Å². The Morgan fingerprint density at radius 2 is 1.90 bits per heavy atom. The summed E-state index contributed by atoms with van der Waals surface area (Å²) in [6.45, 7) is 2.76. The van der Waals surface area contributed by atoms with Crippen LogP contribution < -0.4 is 11.1 Å². The molecule has 1 aromatic heterocycles. The van der Waals surface area contributed by atoms with Gasteiger partial charge in [-0.3, -0.25) is 4.79 Å². The van der Waals surface area contributed by atoms with Crippen LogP contribution in [0.5, 0.6) is 0 Å². The van der Waals surface area contributed by atoms with Crippen molar-refractivity contribution in [1.29, 1.82) is 0 Å². The third-order valence-corrected chi connectivity index (χ3v) is 5.41. The Morgan fingerprint density at radius 3 is 2.70 bits per heavy atom. The van der Waals surface area contributed by atoms with Crippen molar-refractivity contribution in [2.24, 2.45) is 0 Å². The first kappa shape index (κ1) is 24.0. The Balaban J connectivity index is 0.00000160. The number of rotatable bonds is 3. The van der Waals surface area contributed by atoms with Gasteiger partial charge in [0.25, 0.3) is 5.91 Å². The zero-order chi connectivity index (χ0) is 19.7. The standard InChI is InChI=1S/C21H22ClN5O.2ClH/c1-13-6-7-14(23)11-16(13)21(28)24-15-8-9-18(22)17(12-15)20-26-25-19-5-3-2-4-10-27(19)20;;/h6-9,11-12H,2-5,10,23H2,1H3,(H,24,28);2*1H. The van der Waals surface area contributed by atoms with E-state index in [1.54, 1.807) is 24.3 Å². The topological polar surface area (TPSA) is 85.8 Å². The van der Waals surface area contributed by atoms with Gasteiger partial charge < -0.3 is 15.6 Å². The van der Waals surface area contributed by atoms with Crippen molar-refractivity contribution < 1.29 is 4.79 Å². The van der Waals surface area contributed by atoms with Crippen LogP contribution in [0.1, 0.15) is 41.0 Å². The number of carbonyl (C=O) groups excluding carboxylic acids is 1. The number of aromatic nitrogens is 3. The maximum atomic E-state index is 12.7. The Labute approximate surface area is 193 Å². The Bertz CT molecular complexity index is 1050. The lowest BCUT2D eigenvalue weighted by Crippen LogP contribution is -2.14. The Morgan fingerprint density at radius 1 is 1.10 bits per heavy atom. The molecule has 2 aromatic carbocycles. The maximum Gasteiger partial charge on any atom is 0.256 e. The quantitative estimate of drug-likeness (QED) is 0.510. The van der Waals surface area contributed by atoms with Crippen LogP contribution in [0, 0.1) is 6.92 Å². The van der Waals surface area contributed by atoms with Crippen molar-refractivity contribution in [2.75, 3.05) is 11.1 Å². The molecule has 3 aromatic rings. The molecule has 0 bridgehead atoms. The van der Waals surface area contributed by atoms with Gasteiger partial charge in [-0.25, -0.2) is 0 Å². The number of benzene rings is 2. The molecule has 3 N–H and O–H groups in total. The number of nitrogens with one attached hydrogen (secondary N) is 1. The highest BCUT2D eigenvalue weighted by molar-refractivity contribution is 6.33. The number of halogens is 3. The fourth-order valence-corrected chi connectivity index (χ4v) is 3.74. The van der Waals surface area contributed by atoms with Crippen LogP contribution in [0.3, 0.4) is 0 Å². The minimum absolute atomic E-state index is 0. The molecule has 0 saturated heterocycles. The van der Waals surface area contributed by atoms with Crippen LogP contribution in [0.2, 0.25) is 5.02 Å².